The number of nitrogens with one attached hydrogen (secondary N) is 1. The van der Waals surface area contributed by atoms with Gasteiger partial charge < -0.3 is 15.0 Å². The molecule has 1 aromatic heterocycles. The van der Waals surface area contributed by atoms with E-state index in [4.69, 9.17) is 9.72 Å². The molecule has 1 heterocycles. The highest BCUT2D eigenvalue weighted by atomic mass is 32.1. The van der Waals surface area contributed by atoms with Crippen LogP contribution >= 0.6 is 11.3 Å². The van der Waals surface area contributed by atoms with Crippen LogP contribution < -0.4 is 15.0 Å². The summed E-state index contributed by atoms with van der Waals surface area (Å²) in [4.78, 5) is 33.8. The molecule has 3 aliphatic rings. The maximum absolute atomic E-state index is 14.3. The van der Waals surface area contributed by atoms with Crippen LogP contribution in [-0.2, 0) is 9.59 Å². The quantitative estimate of drug-likeness (QED) is 0.271. The predicted octanol–water partition coefficient (Wildman–Crippen LogP) is 8.01. The summed E-state index contributed by atoms with van der Waals surface area (Å²) >= 11 is 1.80. The predicted molar refractivity (Wildman–Crippen MR) is 174 cm³/mol. The highest BCUT2D eigenvalue weighted by Crippen LogP contribution is 2.44. The van der Waals surface area contributed by atoms with Crippen molar-refractivity contribution in [3.05, 3.63) is 64.8 Å². The molecule has 0 spiro atoms. The van der Waals surface area contributed by atoms with Gasteiger partial charge in [0.25, 0.3) is 0 Å². The van der Waals surface area contributed by atoms with E-state index in [9.17, 15) is 9.59 Å². The first kappa shape index (κ1) is 29.9. The van der Waals surface area contributed by atoms with Gasteiger partial charge in [-0.3, -0.25) is 9.59 Å². The fraction of sp³-hybridized carbons (Fsp3) is 0.528. The average molecular weight is 600 g/mol. The lowest BCUT2D eigenvalue weighted by molar-refractivity contribution is -0.123. The zero-order valence-corrected chi connectivity index (χ0v) is 26.6. The molecule has 7 heteroatoms. The number of benzene rings is 2. The van der Waals surface area contributed by atoms with Crippen LogP contribution in [0.2, 0.25) is 0 Å². The van der Waals surface area contributed by atoms with Gasteiger partial charge in [-0.1, -0.05) is 24.3 Å². The molecule has 0 atom stereocenters. The summed E-state index contributed by atoms with van der Waals surface area (Å²) in [6.07, 6.45) is 12.4. The van der Waals surface area contributed by atoms with Crippen molar-refractivity contribution in [1.82, 2.24) is 10.3 Å². The molecule has 3 aliphatic carbocycles. The standard InChI is InChI=1S/C36H45N3O3S/c1-23-19-29(15-18-33(23)42-3)26-9-7-25(8-10-26)22-39(36(41)28-13-16-31(17-14-28)38-24(2)40)32-6-4-5-30(20-32)34-21-37-35(43-34)27-11-12-27/h4-6,15,18-21,25-28,31H,7-14,16-17,22H2,1-3H3,(H,38,40)/t25-,26-,28-,31-. The number of methoxy groups -OCH3 is 1. The zero-order chi connectivity index (χ0) is 29.9. The van der Waals surface area contributed by atoms with E-state index < -0.39 is 0 Å². The Morgan fingerprint density at radius 2 is 1.70 bits per heavy atom. The van der Waals surface area contributed by atoms with Crippen molar-refractivity contribution < 1.29 is 14.3 Å². The second-order valence-corrected chi connectivity index (χ2v) is 14.1. The minimum Gasteiger partial charge on any atom is -0.496 e. The van der Waals surface area contributed by atoms with Crippen molar-refractivity contribution in [2.45, 2.75) is 95.9 Å². The van der Waals surface area contributed by atoms with Crippen LogP contribution in [0.4, 0.5) is 5.69 Å². The number of aromatic nitrogens is 1. The Morgan fingerprint density at radius 3 is 2.37 bits per heavy atom. The van der Waals surface area contributed by atoms with Crippen LogP contribution in [0.3, 0.4) is 0 Å². The summed E-state index contributed by atoms with van der Waals surface area (Å²) < 4.78 is 5.48. The van der Waals surface area contributed by atoms with E-state index in [1.54, 1.807) is 25.4 Å². The summed E-state index contributed by atoms with van der Waals surface area (Å²) in [5.41, 5.74) is 4.74. The molecule has 3 saturated carbocycles. The monoisotopic (exact) mass is 599 g/mol. The Bertz CT molecular complexity index is 1430. The molecule has 2 amide bonds. The summed E-state index contributed by atoms with van der Waals surface area (Å²) in [6, 6.07) is 15.4. The van der Waals surface area contributed by atoms with Gasteiger partial charge in [0, 0.05) is 43.2 Å². The van der Waals surface area contributed by atoms with Gasteiger partial charge in [0.05, 0.1) is 17.0 Å². The maximum atomic E-state index is 14.3. The lowest BCUT2D eigenvalue weighted by Gasteiger charge is -2.36. The minimum absolute atomic E-state index is 0.00264. The van der Waals surface area contributed by atoms with E-state index in [1.165, 1.54) is 33.9 Å². The lowest BCUT2D eigenvalue weighted by atomic mass is 9.78. The normalized spacial score (nSPS) is 23.9. The Hall–Kier alpha value is -3.19. The molecule has 2 aromatic carbocycles. The third-order valence-corrected chi connectivity index (χ3v) is 11.0. The van der Waals surface area contributed by atoms with Crippen LogP contribution in [0.5, 0.6) is 5.75 Å². The molecular weight excluding hydrogens is 554 g/mol. The SMILES string of the molecule is COc1ccc([C@H]2CC[C@H](CN(c3cccc(-c4cnc(C5CC5)s4)c3)C(=O)[C@H]3CC[C@H](NC(C)=O)CC3)CC2)cc1C. The van der Waals surface area contributed by atoms with Crippen LogP contribution in [-0.4, -0.2) is 36.5 Å². The minimum atomic E-state index is -0.00264. The van der Waals surface area contributed by atoms with Gasteiger partial charge in [-0.25, -0.2) is 4.98 Å². The Morgan fingerprint density at radius 1 is 0.953 bits per heavy atom. The Balaban J connectivity index is 1.18. The van der Waals surface area contributed by atoms with Gasteiger partial charge in [0.2, 0.25) is 11.8 Å². The van der Waals surface area contributed by atoms with Crippen molar-refractivity contribution in [3.63, 3.8) is 0 Å². The molecule has 0 bridgehead atoms. The van der Waals surface area contributed by atoms with Gasteiger partial charge in [-0.05, 0) is 118 Å². The van der Waals surface area contributed by atoms with Crippen molar-refractivity contribution in [3.8, 4) is 16.2 Å². The second kappa shape index (κ2) is 13.2. The number of rotatable bonds is 9. The number of carbonyl (C=O) groups is 2. The van der Waals surface area contributed by atoms with Crippen molar-refractivity contribution in [1.29, 1.82) is 0 Å². The topological polar surface area (TPSA) is 71.5 Å². The average Bonchev–Trinajstić information content (AvgIpc) is 3.76. The van der Waals surface area contributed by atoms with Gasteiger partial charge >= 0.3 is 0 Å². The van der Waals surface area contributed by atoms with Crippen molar-refractivity contribution in [2.24, 2.45) is 11.8 Å². The first-order chi connectivity index (χ1) is 20.9. The lowest BCUT2D eigenvalue weighted by Crippen LogP contribution is -2.43. The molecule has 6 rings (SSSR count). The number of aryl methyl sites for hydroxylation is 1. The molecule has 3 aromatic rings. The van der Waals surface area contributed by atoms with Crippen molar-refractivity contribution >= 4 is 28.8 Å². The van der Waals surface area contributed by atoms with Crippen LogP contribution in [0.25, 0.3) is 10.4 Å². The second-order valence-electron chi connectivity index (χ2n) is 13.0. The number of hydrogen-bond acceptors (Lipinski definition) is 5. The number of thiazole rings is 1. The summed E-state index contributed by atoms with van der Waals surface area (Å²) in [5, 5.41) is 4.30. The molecule has 0 radical (unpaired) electrons. The molecule has 228 valence electrons. The first-order valence-electron chi connectivity index (χ1n) is 16.2. The summed E-state index contributed by atoms with van der Waals surface area (Å²) in [6.45, 7) is 4.46. The first-order valence-corrected chi connectivity index (χ1v) is 17.0. The fourth-order valence-electron chi connectivity index (χ4n) is 7.17. The number of anilines is 1. The van der Waals surface area contributed by atoms with Gasteiger partial charge in [0.15, 0.2) is 0 Å². The summed E-state index contributed by atoms with van der Waals surface area (Å²) in [7, 11) is 1.73. The molecule has 1 N–H and O–H groups in total. The van der Waals surface area contributed by atoms with E-state index in [1.807, 2.05) is 6.20 Å². The summed E-state index contributed by atoms with van der Waals surface area (Å²) in [5.74, 6) is 2.88. The third kappa shape index (κ3) is 7.14. The molecule has 0 aliphatic heterocycles. The number of nitrogens with zero attached hydrogens (tertiary/aromatic N) is 2. The Labute approximate surface area is 260 Å². The highest BCUT2D eigenvalue weighted by Gasteiger charge is 2.33. The number of ether oxygens (including phenoxy) is 1. The third-order valence-electron chi connectivity index (χ3n) is 9.82. The highest BCUT2D eigenvalue weighted by molar-refractivity contribution is 7.15. The number of amides is 2. The smallest absolute Gasteiger partial charge is 0.230 e. The molecule has 3 fully saturated rings. The van der Waals surface area contributed by atoms with E-state index in [0.717, 1.165) is 74.9 Å². The fourth-order valence-corrected chi connectivity index (χ4v) is 8.26. The number of hydrogen-bond donors (Lipinski definition) is 1. The Kier molecular flexibility index (Phi) is 9.17. The zero-order valence-electron chi connectivity index (χ0n) is 25.8. The van der Waals surface area contributed by atoms with Crippen LogP contribution in [0, 0.1) is 18.8 Å². The molecule has 6 nitrogen and oxygen atoms in total. The molecular formula is C36H45N3O3S. The van der Waals surface area contributed by atoms with Gasteiger partial charge in [-0.15, -0.1) is 11.3 Å². The van der Waals surface area contributed by atoms with Gasteiger partial charge in [0.1, 0.15) is 5.75 Å². The van der Waals surface area contributed by atoms with E-state index in [0.29, 0.717) is 17.8 Å². The van der Waals surface area contributed by atoms with Gasteiger partial charge in [-0.2, -0.15) is 0 Å². The maximum Gasteiger partial charge on any atom is 0.230 e. The van der Waals surface area contributed by atoms with Crippen LogP contribution in [0.1, 0.15) is 99.1 Å². The molecule has 0 unspecified atom stereocenters. The number of carbonyl (C=O) groups excluding carboxylic acids is 2. The van der Waals surface area contributed by atoms with E-state index in [2.05, 4.69) is 59.6 Å². The molecule has 43 heavy (non-hydrogen) atoms. The van der Waals surface area contributed by atoms with E-state index in [-0.39, 0.29) is 23.8 Å². The molecule has 0 saturated heterocycles. The largest absolute Gasteiger partial charge is 0.496 e. The van der Waals surface area contributed by atoms with E-state index >= 15 is 0 Å². The van der Waals surface area contributed by atoms with Crippen molar-refractivity contribution in [2.75, 3.05) is 18.6 Å². The van der Waals surface area contributed by atoms with Crippen LogP contribution in [0.15, 0.2) is 48.7 Å².